The number of benzene rings is 2. The highest BCUT2D eigenvalue weighted by Gasteiger charge is 2.29. The first kappa shape index (κ1) is 20.7. The lowest BCUT2D eigenvalue weighted by atomic mass is 9.84. The summed E-state index contributed by atoms with van der Waals surface area (Å²) in [5, 5.41) is 6.13. The van der Waals surface area contributed by atoms with Crippen LogP contribution in [0.15, 0.2) is 42.5 Å². The minimum Gasteiger partial charge on any atom is -0.385 e. The van der Waals surface area contributed by atoms with Gasteiger partial charge in [0.25, 0.3) is 0 Å². The van der Waals surface area contributed by atoms with Crippen molar-refractivity contribution < 1.29 is 14.4 Å². The highest BCUT2D eigenvalue weighted by atomic mass is 16.2. The Labute approximate surface area is 170 Å². The zero-order valence-electron chi connectivity index (χ0n) is 16.7. The zero-order chi connectivity index (χ0) is 20.8. The van der Waals surface area contributed by atoms with E-state index in [-0.39, 0.29) is 17.5 Å². The lowest BCUT2D eigenvalue weighted by molar-refractivity contribution is -0.121. The van der Waals surface area contributed by atoms with Gasteiger partial charge < -0.3 is 16.4 Å². The molecule has 0 unspecified atom stereocenters. The monoisotopic (exact) mass is 393 g/mol. The van der Waals surface area contributed by atoms with E-state index in [1.54, 1.807) is 43.3 Å². The molecule has 0 heterocycles. The van der Waals surface area contributed by atoms with Gasteiger partial charge in [-0.3, -0.25) is 14.4 Å². The van der Waals surface area contributed by atoms with Crippen LogP contribution >= 0.6 is 0 Å². The van der Waals surface area contributed by atoms with Crippen molar-refractivity contribution in [1.82, 2.24) is 5.32 Å². The van der Waals surface area contributed by atoms with Crippen LogP contribution in [0, 0.1) is 0 Å². The van der Waals surface area contributed by atoms with Gasteiger partial charge in [-0.1, -0.05) is 37.1 Å². The summed E-state index contributed by atoms with van der Waals surface area (Å²) in [6.07, 6.45) is 3.97. The first-order chi connectivity index (χ1) is 14.0. The molecule has 1 atom stereocenters. The van der Waals surface area contributed by atoms with Crippen LogP contribution in [-0.2, 0) is 4.79 Å². The van der Waals surface area contributed by atoms with Crippen molar-refractivity contribution in [1.29, 1.82) is 0 Å². The predicted octanol–water partition coefficient (Wildman–Crippen LogP) is 2.90. The highest BCUT2D eigenvalue weighted by molar-refractivity contribution is 6.28. The molecule has 0 radical (unpaired) electrons. The lowest BCUT2D eigenvalue weighted by Crippen LogP contribution is -2.38. The number of anilines is 1. The summed E-state index contributed by atoms with van der Waals surface area (Å²) in [5.41, 5.74) is 8.21. The van der Waals surface area contributed by atoms with Crippen molar-refractivity contribution in [2.45, 2.75) is 38.6 Å². The number of nitrogens with one attached hydrogen (secondary N) is 2. The van der Waals surface area contributed by atoms with E-state index in [1.807, 2.05) is 6.07 Å². The molecular weight excluding hydrogens is 366 g/mol. The number of carbonyl (C=O) groups excluding carboxylic acids is 3. The van der Waals surface area contributed by atoms with E-state index in [4.69, 9.17) is 5.73 Å². The number of amides is 1. The molecular formula is C23H27N3O3. The largest absolute Gasteiger partial charge is 0.385 e. The third kappa shape index (κ3) is 4.90. The maximum Gasteiger partial charge on any atom is 0.236 e. The number of hydrogen-bond donors (Lipinski definition) is 3. The Balaban J connectivity index is 1.46. The summed E-state index contributed by atoms with van der Waals surface area (Å²) in [5.74, 6) is -0.319. The Bertz CT molecular complexity index is 921. The van der Waals surface area contributed by atoms with Gasteiger partial charge in [0.15, 0.2) is 11.6 Å². The van der Waals surface area contributed by atoms with Gasteiger partial charge in [-0.2, -0.15) is 0 Å². The molecule has 6 nitrogen and oxygen atoms in total. The number of unbranched alkanes of at least 4 members (excludes halogenated alkanes) is 3. The maximum absolute atomic E-state index is 12.8. The van der Waals surface area contributed by atoms with Crippen LogP contribution in [0.4, 0.5) is 5.69 Å². The Morgan fingerprint density at radius 3 is 2.10 bits per heavy atom. The van der Waals surface area contributed by atoms with Crippen LogP contribution in [0.3, 0.4) is 0 Å². The lowest BCUT2D eigenvalue weighted by Gasteiger charge is -2.18. The van der Waals surface area contributed by atoms with Crippen molar-refractivity contribution >= 4 is 23.2 Å². The molecule has 0 bridgehead atoms. The Kier molecular flexibility index (Phi) is 6.77. The maximum atomic E-state index is 12.8. The topological polar surface area (TPSA) is 101 Å². The second-order valence-corrected chi connectivity index (χ2v) is 7.38. The van der Waals surface area contributed by atoms with Gasteiger partial charge >= 0.3 is 0 Å². The number of ketones is 2. The third-order valence-electron chi connectivity index (χ3n) is 5.07. The first-order valence-electron chi connectivity index (χ1n) is 10.1. The Morgan fingerprint density at radius 2 is 1.45 bits per heavy atom. The van der Waals surface area contributed by atoms with Crippen LogP contribution in [0.2, 0.25) is 0 Å². The smallest absolute Gasteiger partial charge is 0.236 e. The molecule has 6 heteroatoms. The molecule has 1 aliphatic carbocycles. The molecule has 4 N–H and O–H groups in total. The number of nitrogens with two attached hydrogens (primary N) is 1. The van der Waals surface area contributed by atoms with Gasteiger partial charge in [0.2, 0.25) is 5.91 Å². The zero-order valence-corrected chi connectivity index (χ0v) is 16.7. The SMILES string of the molecule is C[C@H](N)C(=O)NCCCCCCNc1ccc2c(c1)C(=O)c1ccccc1C2=O. The van der Waals surface area contributed by atoms with Gasteiger partial charge in [-0.25, -0.2) is 0 Å². The number of carbonyl (C=O) groups is 3. The molecule has 0 fully saturated rings. The molecule has 0 aromatic heterocycles. The second kappa shape index (κ2) is 9.47. The van der Waals surface area contributed by atoms with E-state index < -0.39 is 6.04 Å². The summed E-state index contributed by atoms with van der Waals surface area (Å²) in [6.45, 7) is 3.10. The van der Waals surface area contributed by atoms with Gasteiger partial charge in [0, 0.05) is 41.0 Å². The van der Waals surface area contributed by atoms with Crippen molar-refractivity contribution in [3.63, 3.8) is 0 Å². The van der Waals surface area contributed by atoms with Crippen LogP contribution < -0.4 is 16.4 Å². The molecule has 0 aliphatic heterocycles. The van der Waals surface area contributed by atoms with Crippen molar-refractivity contribution in [2.75, 3.05) is 18.4 Å². The van der Waals surface area contributed by atoms with E-state index in [0.29, 0.717) is 28.8 Å². The minimum absolute atomic E-state index is 0.0992. The average molecular weight is 393 g/mol. The summed E-state index contributed by atoms with van der Waals surface area (Å²) in [6, 6.07) is 11.8. The van der Waals surface area contributed by atoms with Gasteiger partial charge in [0.1, 0.15) is 0 Å². The fourth-order valence-electron chi connectivity index (χ4n) is 3.42. The van der Waals surface area contributed by atoms with Gasteiger partial charge in [-0.15, -0.1) is 0 Å². The second-order valence-electron chi connectivity index (χ2n) is 7.38. The van der Waals surface area contributed by atoms with E-state index in [9.17, 15) is 14.4 Å². The summed E-state index contributed by atoms with van der Waals surface area (Å²) in [7, 11) is 0. The van der Waals surface area contributed by atoms with E-state index >= 15 is 0 Å². The van der Waals surface area contributed by atoms with Crippen LogP contribution in [-0.4, -0.2) is 36.6 Å². The van der Waals surface area contributed by atoms with E-state index in [0.717, 1.165) is 37.9 Å². The normalized spacial score (nSPS) is 13.4. The predicted molar refractivity (Wildman–Crippen MR) is 113 cm³/mol. The van der Waals surface area contributed by atoms with E-state index in [2.05, 4.69) is 10.6 Å². The Morgan fingerprint density at radius 1 is 0.862 bits per heavy atom. The summed E-state index contributed by atoms with van der Waals surface area (Å²) in [4.78, 5) is 36.7. The van der Waals surface area contributed by atoms with Gasteiger partial charge in [-0.05, 0) is 38.0 Å². The van der Waals surface area contributed by atoms with Gasteiger partial charge in [0.05, 0.1) is 6.04 Å². The molecule has 1 amide bonds. The minimum atomic E-state index is -0.466. The number of rotatable bonds is 9. The molecule has 0 saturated heterocycles. The number of hydrogen-bond acceptors (Lipinski definition) is 5. The molecule has 0 spiro atoms. The molecule has 152 valence electrons. The summed E-state index contributed by atoms with van der Waals surface area (Å²) < 4.78 is 0. The molecule has 2 aromatic carbocycles. The highest BCUT2D eigenvalue weighted by Crippen LogP contribution is 2.29. The number of fused-ring (bicyclic) bond motifs is 2. The molecule has 3 rings (SSSR count). The van der Waals surface area contributed by atoms with Crippen LogP contribution in [0.5, 0.6) is 0 Å². The average Bonchev–Trinajstić information content (AvgIpc) is 2.73. The first-order valence-corrected chi connectivity index (χ1v) is 10.1. The van der Waals surface area contributed by atoms with Crippen molar-refractivity contribution in [3.05, 3.63) is 64.7 Å². The standard InChI is InChI=1S/C23H27N3O3/c1-15(24)23(29)26-13-7-3-2-6-12-25-16-10-11-19-20(14-16)22(28)18-9-5-4-8-17(18)21(19)27/h4-5,8-11,14-15,25H,2-3,6-7,12-13,24H2,1H3,(H,26,29)/t15-/m0/s1. The molecule has 1 aliphatic rings. The molecule has 29 heavy (non-hydrogen) atoms. The third-order valence-corrected chi connectivity index (χ3v) is 5.07. The van der Waals surface area contributed by atoms with Crippen LogP contribution in [0.25, 0.3) is 0 Å². The van der Waals surface area contributed by atoms with Crippen LogP contribution in [0.1, 0.15) is 64.4 Å². The fraction of sp³-hybridized carbons (Fsp3) is 0.348. The molecule has 0 saturated carbocycles. The fourth-order valence-corrected chi connectivity index (χ4v) is 3.42. The van der Waals surface area contributed by atoms with Crippen molar-refractivity contribution in [3.8, 4) is 0 Å². The summed E-state index contributed by atoms with van der Waals surface area (Å²) >= 11 is 0. The molecule has 2 aromatic rings. The van der Waals surface area contributed by atoms with E-state index in [1.165, 1.54) is 0 Å². The van der Waals surface area contributed by atoms with Crippen molar-refractivity contribution in [2.24, 2.45) is 5.73 Å². The quantitative estimate of drug-likeness (QED) is 0.485. The Hall–Kier alpha value is -2.99.